The van der Waals surface area contributed by atoms with Crippen molar-refractivity contribution < 1.29 is 27.5 Å². The minimum atomic E-state index is -4.77. The molecular weight excluding hydrogens is 463 g/mol. The SMILES string of the molecule is O=C(NCc1ccc(OC(F)(F)F)cc1)C1c2ccccc2C(=O)N1C1CN(c2ncccn2)C1. The van der Waals surface area contributed by atoms with E-state index in [-0.39, 0.29) is 30.2 Å². The number of nitrogens with zero attached hydrogens (tertiary/aromatic N) is 4. The van der Waals surface area contributed by atoms with Crippen LogP contribution in [0.25, 0.3) is 0 Å². The van der Waals surface area contributed by atoms with Crippen LogP contribution in [0.5, 0.6) is 5.75 Å². The Labute approximate surface area is 198 Å². The van der Waals surface area contributed by atoms with E-state index in [1.807, 2.05) is 4.90 Å². The van der Waals surface area contributed by atoms with Gasteiger partial charge < -0.3 is 19.9 Å². The van der Waals surface area contributed by atoms with Gasteiger partial charge in [-0.2, -0.15) is 0 Å². The fraction of sp³-hybridized carbons (Fsp3) is 0.250. The standard InChI is InChI=1S/C24H20F3N5O3/c25-24(26,27)35-17-8-6-15(7-9-17)12-30-21(33)20-18-4-1-2-5-19(18)22(34)32(20)16-13-31(14-16)23-28-10-3-11-29-23/h1-11,16,20H,12-14H2,(H,30,33). The van der Waals surface area contributed by atoms with E-state index in [9.17, 15) is 22.8 Å². The number of ether oxygens (including phenoxy) is 1. The molecule has 35 heavy (non-hydrogen) atoms. The molecule has 5 rings (SSSR count). The molecule has 0 radical (unpaired) electrons. The number of nitrogens with one attached hydrogen (secondary N) is 1. The summed E-state index contributed by atoms with van der Waals surface area (Å²) in [6, 6.07) is 13.0. The molecule has 2 amide bonds. The zero-order valence-electron chi connectivity index (χ0n) is 18.3. The van der Waals surface area contributed by atoms with E-state index in [4.69, 9.17) is 0 Å². The lowest BCUT2D eigenvalue weighted by atomic mass is 10.0. The van der Waals surface area contributed by atoms with Gasteiger partial charge in [0, 0.05) is 37.6 Å². The summed E-state index contributed by atoms with van der Waals surface area (Å²) >= 11 is 0. The summed E-state index contributed by atoms with van der Waals surface area (Å²) in [6.45, 7) is 1.07. The van der Waals surface area contributed by atoms with Crippen molar-refractivity contribution in [2.45, 2.75) is 25.0 Å². The van der Waals surface area contributed by atoms with Gasteiger partial charge in [-0.05, 0) is 35.4 Å². The molecule has 0 spiro atoms. The molecule has 8 nitrogen and oxygen atoms in total. The number of hydrogen-bond acceptors (Lipinski definition) is 6. The van der Waals surface area contributed by atoms with Gasteiger partial charge in [-0.1, -0.05) is 30.3 Å². The number of alkyl halides is 3. The van der Waals surface area contributed by atoms with Crippen molar-refractivity contribution in [2.24, 2.45) is 0 Å². The highest BCUT2D eigenvalue weighted by atomic mass is 19.4. The molecule has 1 unspecified atom stereocenters. The molecule has 1 atom stereocenters. The predicted octanol–water partition coefficient (Wildman–Crippen LogP) is 3.08. The Morgan fingerprint density at radius 2 is 1.71 bits per heavy atom. The average Bonchev–Trinajstić information content (AvgIpc) is 3.10. The number of amides is 2. The van der Waals surface area contributed by atoms with Crippen molar-refractivity contribution in [3.05, 3.63) is 83.7 Å². The van der Waals surface area contributed by atoms with E-state index in [1.165, 1.54) is 24.3 Å². The van der Waals surface area contributed by atoms with E-state index >= 15 is 0 Å². The quantitative estimate of drug-likeness (QED) is 0.580. The predicted molar refractivity (Wildman–Crippen MR) is 118 cm³/mol. The summed E-state index contributed by atoms with van der Waals surface area (Å²) in [5.74, 6) is -0.362. The van der Waals surface area contributed by atoms with Gasteiger partial charge in [-0.15, -0.1) is 13.2 Å². The van der Waals surface area contributed by atoms with Gasteiger partial charge in [-0.25, -0.2) is 9.97 Å². The highest BCUT2D eigenvalue weighted by Crippen LogP contribution is 2.38. The minimum Gasteiger partial charge on any atom is -0.406 e. The highest BCUT2D eigenvalue weighted by Gasteiger charge is 2.48. The van der Waals surface area contributed by atoms with Gasteiger partial charge in [0.05, 0.1) is 6.04 Å². The first kappa shape index (κ1) is 22.6. The van der Waals surface area contributed by atoms with Crippen molar-refractivity contribution in [3.63, 3.8) is 0 Å². The van der Waals surface area contributed by atoms with Crippen molar-refractivity contribution >= 4 is 17.8 Å². The van der Waals surface area contributed by atoms with E-state index in [1.54, 1.807) is 47.6 Å². The maximum atomic E-state index is 13.3. The van der Waals surface area contributed by atoms with Crippen LogP contribution in [0.1, 0.15) is 27.5 Å². The second kappa shape index (κ2) is 8.90. The number of fused-ring (bicyclic) bond motifs is 1. The Hall–Kier alpha value is -4.15. The largest absolute Gasteiger partial charge is 0.573 e. The Bertz CT molecular complexity index is 1230. The summed E-state index contributed by atoms with van der Waals surface area (Å²) in [4.78, 5) is 38.5. The van der Waals surface area contributed by atoms with Crippen LogP contribution in [0.2, 0.25) is 0 Å². The maximum absolute atomic E-state index is 13.3. The highest BCUT2D eigenvalue weighted by molar-refractivity contribution is 6.05. The molecule has 1 saturated heterocycles. The molecule has 0 bridgehead atoms. The van der Waals surface area contributed by atoms with Crippen molar-refractivity contribution in [1.82, 2.24) is 20.2 Å². The molecule has 2 aliphatic heterocycles. The normalized spacial score (nSPS) is 17.7. The van der Waals surface area contributed by atoms with Crippen molar-refractivity contribution in [2.75, 3.05) is 18.0 Å². The summed E-state index contributed by atoms with van der Waals surface area (Å²) in [5.41, 5.74) is 1.70. The second-order valence-corrected chi connectivity index (χ2v) is 8.22. The van der Waals surface area contributed by atoms with Crippen LogP contribution in [0.15, 0.2) is 67.0 Å². The zero-order chi connectivity index (χ0) is 24.6. The number of benzene rings is 2. The summed E-state index contributed by atoms with van der Waals surface area (Å²) in [7, 11) is 0. The fourth-order valence-corrected chi connectivity index (χ4v) is 4.32. The first-order valence-electron chi connectivity index (χ1n) is 10.9. The van der Waals surface area contributed by atoms with Gasteiger partial charge in [-0.3, -0.25) is 9.59 Å². The molecule has 1 fully saturated rings. The Morgan fingerprint density at radius 3 is 2.40 bits per heavy atom. The number of anilines is 1. The molecule has 0 aliphatic carbocycles. The molecule has 180 valence electrons. The van der Waals surface area contributed by atoms with Crippen molar-refractivity contribution in [3.8, 4) is 5.75 Å². The molecule has 2 aromatic carbocycles. The molecule has 1 aromatic heterocycles. The summed E-state index contributed by atoms with van der Waals surface area (Å²) in [6.07, 6.45) is -1.49. The van der Waals surface area contributed by atoms with E-state index < -0.39 is 12.4 Å². The van der Waals surface area contributed by atoms with Crippen LogP contribution in [-0.2, 0) is 11.3 Å². The number of carbonyl (C=O) groups excluding carboxylic acids is 2. The molecule has 2 aliphatic rings. The van der Waals surface area contributed by atoms with E-state index in [2.05, 4.69) is 20.0 Å². The van der Waals surface area contributed by atoms with E-state index in [0.29, 0.717) is 35.7 Å². The Morgan fingerprint density at radius 1 is 1.03 bits per heavy atom. The lowest BCUT2D eigenvalue weighted by Crippen LogP contribution is -2.62. The molecule has 1 N–H and O–H groups in total. The third-order valence-electron chi connectivity index (χ3n) is 5.96. The third kappa shape index (κ3) is 4.61. The zero-order valence-corrected chi connectivity index (χ0v) is 18.3. The summed E-state index contributed by atoms with van der Waals surface area (Å²) in [5, 5.41) is 2.81. The van der Waals surface area contributed by atoms with Crippen molar-refractivity contribution in [1.29, 1.82) is 0 Å². The first-order valence-corrected chi connectivity index (χ1v) is 10.9. The molecule has 3 heterocycles. The van der Waals surface area contributed by atoms with Crippen LogP contribution in [0.4, 0.5) is 19.1 Å². The van der Waals surface area contributed by atoms with Gasteiger partial charge in [0.1, 0.15) is 11.8 Å². The number of carbonyl (C=O) groups is 2. The van der Waals surface area contributed by atoms with E-state index in [0.717, 1.165) is 0 Å². The van der Waals surface area contributed by atoms with Gasteiger partial charge >= 0.3 is 6.36 Å². The topological polar surface area (TPSA) is 87.7 Å². The maximum Gasteiger partial charge on any atom is 0.573 e. The van der Waals surface area contributed by atoms with Crippen LogP contribution in [0.3, 0.4) is 0 Å². The van der Waals surface area contributed by atoms with Crippen LogP contribution < -0.4 is 15.0 Å². The number of rotatable bonds is 6. The van der Waals surface area contributed by atoms with Gasteiger partial charge in [0.15, 0.2) is 0 Å². The smallest absolute Gasteiger partial charge is 0.406 e. The monoisotopic (exact) mass is 483 g/mol. The fourth-order valence-electron chi connectivity index (χ4n) is 4.32. The average molecular weight is 483 g/mol. The number of halogens is 3. The van der Waals surface area contributed by atoms with Crippen LogP contribution in [-0.4, -0.2) is 52.2 Å². The Kier molecular flexibility index (Phi) is 5.75. The van der Waals surface area contributed by atoms with Crippen LogP contribution in [0, 0.1) is 0 Å². The van der Waals surface area contributed by atoms with Gasteiger partial charge in [0.25, 0.3) is 5.91 Å². The molecule has 0 saturated carbocycles. The lowest BCUT2D eigenvalue weighted by Gasteiger charge is -2.45. The Balaban J connectivity index is 1.29. The molecule has 3 aromatic rings. The lowest BCUT2D eigenvalue weighted by molar-refractivity contribution is -0.274. The first-order chi connectivity index (χ1) is 16.8. The van der Waals surface area contributed by atoms with Gasteiger partial charge in [0.2, 0.25) is 11.9 Å². The number of aromatic nitrogens is 2. The van der Waals surface area contributed by atoms with Crippen LogP contribution >= 0.6 is 0 Å². The second-order valence-electron chi connectivity index (χ2n) is 8.22. The molecular formula is C24H20F3N5O3. The number of hydrogen-bond donors (Lipinski definition) is 1. The molecule has 11 heteroatoms. The summed E-state index contributed by atoms with van der Waals surface area (Å²) < 4.78 is 40.9. The third-order valence-corrected chi connectivity index (χ3v) is 5.96. The minimum absolute atomic E-state index is 0.0838.